The molecule has 1 aliphatic carbocycles. The number of Topliss-reactive ketones (excluding diaryl/α,β-unsaturated/α-hetero) is 1. The lowest BCUT2D eigenvalue weighted by Crippen LogP contribution is -2.54. The van der Waals surface area contributed by atoms with Gasteiger partial charge in [-0.2, -0.15) is 4.98 Å². The fraction of sp³-hybridized carbons (Fsp3) is 0.465. The van der Waals surface area contributed by atoms with Crippen LogP contribution < -0.4 is 26.0 Å². The summed E-state index contributed by atoms with van der Waals surface area (Å²) in [6.07, 6.45) is 9.51. The van der Waals surface area contributed by atoms with Crippen LogP contribution in [0.25, 0.3) is 11.0 Å². The highest BCUT2D eigenvalue weighted by molar-refractivity contribution is 6.25. The van der Waals surface area contributed by atoms with Crippen LogP contribution in [0.4, 0.5) is 23.1 Å². The molecule has 7 heterocycles. The van der Waals surface area contributed by atoms with Crippen LogP contribution in [0.1, 0.15) is 101 Å². The number of carbonyl (C=O) groups excluding carboxylic acids is 5. The van der Waals surface area contributed by atoms with Crippen molar-refractivity contribution in [3.63, 3.8) is 0 Å². The van der Waals surface area contributed by atoms with E-state index in [2.05, 4.69) is 35.3 Å². The molecule has 3 aromatic heterocycles. The molecule has 1 aromatic carbocycles. The summed E-state index contributed by atoms with van der Waals surface area (Å²) in [6.45, 7) is 9.34. The first-order valence-corrected chi connectivity index (χ1v) is 20.8. The number of piperidine rings is 2. The van der Waals surface area contributed by atoms with E-state index in [9.17, 15) is 28.8 Å². The number of fused-ring (bicyclic) bond motifs is 2. The first-order valence-electron chi connectivity index (χ1n) is 20.8. The minimum Gasteiger partial charge on any atom is -0.371 e. The number of benzene rings is 1. The van der Waals surface area contributed by atoms with Crippen LogP contribution >= 0.6 is 0 Å². The summed E-state index contributed by atoms with van der Waals surface area (Å²) in [5.41, 5.74) is 3.50. The molecular weight excluding hydrogens is 753 g/mol. The molecular formula is C43H48N10O6. The van der Waals surface area contributed by atoms with Crippen molar-refractivity contribution in [3.05, 3.63) is 75.3 Å². The van der Waals surface area contributed by atoms with Crippen LogP contribution in [0.3, 0.4) is 0 Å². The zero-order valence-corrected chi connectivity index (χ0v) is 33.4. The molecule has 4 fully saturated rings. The standard InChI is InChI=1S/C43H48N10O6/c1-25-31-23-45-43(48-38(31)52(28-6-3-4-7-28)41(58)36(25)26(2)54)46-34-12-10-29(22-44-34)50-20-18-49(19-21-50)24-27-14-16-51(17-15-27)32-9-5-8-30-37(32)42(59)53(40(30)57)33-11-13-35(55)47-39(33)56/h5,8-10,12,22-23,27-28,33H,3-4,6-7,11,13-21,24H2,1-2H3,(H,47,55,56)(H,44,45,46,48). The number of hydrogen-bond acceptors (Lipinski definition) is 13. The molecule has 4 aliphatic heterocycles. The summed E-state index contributed by atoms with van der Waals surface area (Å²) < 4.78 is 1.71. The highest BCUT2D eigenvalue weighted by Gasteiger charge is 2.46. The van der Waals surface area contributed by atoms with Gasteiger partial charge in [-0.05, 0) is 81.7 Å². The van der Waals surface area contributed by atoms with Gasteiger partial charge in [0.1, 0.15) is 17.5 Å². The minimum atomic E-state index is -0.984. The lowest BCUT2D eigenvalue weighted by Gasteiger charge is -2.40. The maximum atomic E-state index is 13.6. The van der Waals surface area contributed by atoms with Gasteiger partial charge in [0.25, 0.3) is 17.4 Å². The third kappa shape index (κ3) is 7.12. The highest BCUT2D eigenvalue weighted by atomic mass is 16.2. The number of rotatable bonds is 9. The van der Waals surface area contributed by atoms with Gasteiger partial charge in [-0.1, -0.05) is 18.9 Å². The number of nitrogens with one attached hydrogen (secondary N) is 2. The van der Waals surface area contributed by atoms with Crippen molar-refractivity contribution in [3.8, 4) is 0 Å². The van der Waals surface area contributed by atoms with E-state index in [4.69, 9.17) is 4.98 Å². The van der Waals surface area contributed by atoms with Crippen molar-refractivity contribution in [2.45, 2.75) is 77.3 Å². The van der Waals surface area contributed by atoms with Gasteiger partial charge in [0.15, 0.2) is 5.78 Å². The van der Waals surface area contributed by atoms with E-state index in [1.165, 1.54) is 6.92 Å². The summed E-state index contributed by atoms with van der Waals surface area (Å²) >= 11 is 0. The molecule has 16 nitrogen and oxygen atoms in total. The Morgan fingerprint density at radius 3 is 2.31 bits per heavy atom. The van der Waals surface area contributed by atoms with Crippen LogP contribution in [0.2, 0.25) is 0 Å². The van der Waals surface area contributed by atoms with E-state index in [-0.39, 0.29) is 35.8 Å². The fourth-order valence-corrected chi connectivity index (χ4v) is 9.74. The molecule has 306 valence electrons. The molecule has 2 N–H and O–H groups in total. The summed E-state index contributed by atoms with van der Waals surface area (Å²) in [5, 5.41) is 6.18. The zero-order chi connectivity index (χ0) is 40.9. The van der Waals surface area contributed by atoms with Crippen LogP contribution in [-0.2, 0) is 9.59 Å². The Hall–Kier alpha value is -6.03. The van der Waals surface area contributed by atoms with E-state index in [0.717, 1.165) is 101 Å². The number of ketones is 1. The van der Waals surface area contributed by atoms with Gasteiger partial charge >= 0.3 is 0 Å². The lowest BCUT2D eigenvalue weighted by atomic mass is 9.94. The molecule has 4 aromatic rings. The number of nitrogens with zero attached hydrogens (tertiary/aromatic N) is 8. The first-order chi connectivity index (χ1) is 28.5. The summed E-state index contributed by atoms with van der Waals surface area (Å²) in [7, 11) is 0. The van der Waals surface area contributed by atoms with Gasteiger partial charge in [0.05, 0.1) is 34.3 Å². The predicted molar refractivity (Wildman–Crippen MR) is 220 cm³/mol. The number of anilines is 4. The van der Waals surface area contributed by atoms with Crippen molar-refractivity contribution < 1.29 is 24.0 Å². The number of amides is 4. The molecule has 1 saturated carbocycles. The molecule has 3 saturated heterocycles. The van der Waals surface area contributed by atoms with E-state index >= 15 is 0 Å². The second-order valence-electron chi connectivity index (χ2n) is 16.5. The molecule has 1 unspecified atom stereocenters. The highest BCUT2D eigenvalue weighted by Crippen LogP contribution is 2.36. The quantitative estimate of drug-likeness (QED) is 0.183. The van der Waals surface area contributed by atoms with Gasteiger partial charge in [-0.25, -0.2) is 9.97 Å². The first kappa shape index (κ1) is 38.5. The van der Waals surface area contributed by atoms with Crippen molar-refractivity contribution in [1.29, 1.82) is 0 Å². The van der Waals surface area contributed by atoms with Gasteiger partial charge in [0.2, 0.25) is 17.8 Å². The van der Waals surface area contributed by atoms with E-state index < -0.39 is 29.7 Å². The van der Waals surface area contributed by atoms with E-state index in [0.29, 0.717) is 45.4 Å². The minimum absolute atomic E-state index is 0.00299. The second-order valence-corrected chi connectivity index (χ2v) is 16.5. The molecule has 4 amide bonds. The van der Waals surface area contributed by atoms with Crippen molar-refractivity contribution in [2.75, 3.05) is 60.9 Å². The molecule has 0 spiro atoms. The molecule has 1 atom stereocenters. The SMILES string of the molecule is CC(=O)c1c(C)c2cnc(Nc3ccc(N4CCN(CC5CCN(c6cccc7c6C(=O)N(C6CCC(=O)NC6=O)C7=O)CC5)CC4)cn3)nc2n(C2CCCC2)c1=O. The number of hydrogen-bond donors (Lipinski definition) is 2. The summed E-state index contributed by atoms with van der Waals surface area (Å²) in [6, 6.07) is 8.30. The average Bonchev–Trinajstić information content (AvgIpc) is 3.85. The largest absolute Gasteiger partial charge is 0.371 e. The monoisotopic (exact) mass is 800 g/mol. The van der Waals surface area contributed by atoms with Crippen molar-refractivity contribution in [2.24, 2.45) is 5.92 Å². The topological polar surface area (TPSA) is 183 Å². The second kappa shape index (κ2) is 15.6. The Morgan fingerprint density at radius 2 is 1.61 bits per heavy atom. The maximum absolute atomic E-state index is 13.6. The third-order valence-corrected chi connectivity index (χ3v) is 12.9. The average molecular weight is 801 g/mol. The maximum Gasteiger partial charge on any atom is 0.264 e. The van der Waals surface area contributed by atoms with Crippen molar-refractivity contribution in [1.82, 2.24) is 34.6 Å². The van der Waals surface area contributed by atoms with Crippen LogP contribution in [-0.4, -0.2) is 111 Å². The number of pyridine rings is 2. The Morgan fingerprint density at radius 1 is 0.847 bits per heavy atom. The molecule has 5 aliphatic rings. The summed E-state index contributed by atoms with van der Waals surface area (Å²) in [4.78, 5) is 99.4. The zero-order valence-electron chi connectivity index (χ0n) is 33.4. The van der Waals surface area contributed by atoms with E-state index in [1.807, 2.05) is 24.4 Å². The molecule has 0 radical (unpaired) electrons. The molecule has 0 bridgehead atoms. The number of aryl methyl sites for hydroxylation is 1. The smallest absolute Gasteiger partial charge is 0.264 e. The lowest BCUT2D eigenvalue weighted by molar-refractivity contribution is -0.136. The van der Waals surface area contributed by atoms with Crippen LogP contribution in [0.15, 0.2) is 47.5 Å². The van der Waals surface area contributed by atoms with Crippen LogP contribution in [0, 0.1) is 12.8 Å². The normalized spacial score (nSPS) is 20.8. The summed E-state index contributed by atoms with van der Waals surface area (Å²) in [5.74, 6) is -0.764. The number of piperazine rings is 1. The van der Waals surface area contributed by atoms with Gasteiger partial charge in [-0.15, -0.1) is 0 Å². The van der Waals surface area contributed by atoms with Gasteiger partial charge in [0, 0.05) is 69.9 Å². The van der Waals surface area contributed by atoms with E-state index in [1.54, 1.807) is 29.8 Å². The predicted octanol–water partition coefficient (Wildman–Crippen LogP) is 4.00. The number of aromatic nitrogens is 4. The molecule has 9 rings (SSSR count). The fourth-order valence-electron chi connectivity index (χ4n) is 9.74. The van der Waals surface area contributed by atoms with Gasteiger partial charge in [-0.3, -0.25) is 48.5 Å². The Bertz CT molecular complexity index is 2430. The number of imide groups is 2. The molecule has 59 heavy (non-hydrogen) atoms. The Balaban J connectivity index is 0.789. The molecule has 16 heteroatoms. The third-order valence-electron chi connectivity index (χ3n) is 12.9. The number of carbonyl (C=O) groups is 5. The van der Waals surface area contributed by atoms with Crippen LogP contribution in [0.5, 0.6) is 0 Å². The Labute approximate surface area is 341 Å². The van der Waals surface area contributed by atoms with Gasteiger partial charge < -0.3 is 15.1 Å². The Kier molecular flexibility index (Phi) is 10.2. The van der Waals surface area contributed by atoms with Crippen molar-refractivity contribution >= 4 is 63.6 Å².